The highest BCUT2D eigenvalue weighted by atomic mass is 32.1. The van der Waals surface area contributed by atoms with Gasteiger partial charge < -0.3 is 20.7 Å². The van der Waals surface area contributed by atoms with E-state index in [1.54, 1.807) is 30.5 Å². The molecule has 1 fully saturated rings. The lowest BCUT2D eigenvalue weighted by molar-refractivity contribution is -0.119. The van der Waals surface area contributed by atoms with Crippen LogP contribution in [0.2, 0.25) is 0 Å². The summed E-state index contributed by atoms with van der Waals surface area (Å²) < 4.78 is 20.2. The Labute approximate surface area is 205 Å². The number of amides is 4. The Kier molecular flexibility index (Phi) is 7.56. The SMILES string of the molecule is CC(=O)NC[C@H]1CN(c2ccc(-c3ccc(CNC(=O)NCc4nccs4)cc3)c(F)c2)C(=O)O1. The van der Waals surface area contributed by atoms with Gasteiger partial charge in [-0.3, -0.25) is 9.69 Å². The topological polar surface area (TPSA) is 113 Å². The van der Waals surface area contributed by atoms with Crippen LogP contribution in [0.5, 0.6) is 0 Å². The number of hydrogen-bond acceptors (Lipinski definition) is 6. The molecular formula is C24H24FN5O4S. The van der Waals surface area contributed by atoms with Gasteiger partial charge in [0.1, 0.15) is 16.9 Å². The zero-order valence-corrected chi connectivity index (χ0v) is 19.7. The molecule has 4 rings (SSSR count). The third-order valence-corrected chi connectivity index (χ3v) is 6.10. The molecule has 2 aromatic carbocycles. The highest BCUT2D eigenvalue weighted by Gasteiger charge is 2.32. The molecule has 182 valence electrons. The van der Waals surface area contributed by atoms with Crippen LogP contribution in [0.4, 0.5) is 19.7 Å². The molecule has 11 heteroatoms. The Morgan fingerprint density at radius 2 is 1.91 bits per heavy atom. The average molecular weight is 498 g/mol. The van der Waals surface area contributed by atoms with E-state index in [0.717, 1.165) is 10.6 Å². The van der Waals surface area contributed by atoms with Crippen molar-refractivity contribution in [3.63, 3.8) is 0 Å². The maximum atomic E-state index is 14.9. The highest BCUT2D eigenvalue weighted by molar-refractivity contribution is 7.09. The van der Waals surface area contributed by atoms with Crippen LogP contribution in [0.25, 0.3) is 11.1 Å². The summed E-state index contributed by atoms with van der Waals surface area (Å²) >= 11 is 1.47. The van der Waals surface area contributed by atoms with Crippen molar-refractivity contribution in [3.05, 3.63) is 70.4 Å². The van der Waals surface area contributed by atoms with Crippen molar-refractivity contribution >= 4 is 35.1 Å². The Hall–Kier alpha value is -3.99. The number of carbonyl (C=O) groups excluding carboxylic acids is 3. The molecule has 1 saturated heterocycles. The number of anilines is 1. The zero-order chi connectivity index (χ0) is 24.8. The number of aromatic nitrogens is 1. The predicted molar refractivity (Wildman–Crippen MR) is 129 cm³/mol. The van der Waals surface area contributed by atoms with Gasteiger partial charge in [-0.25, -0.2) is 19.0 Å². The monoisotopic (exact) mass is 497 g/mol. The maximum absolute atomic E-state index is 14.9. The smallest absolute Gasteiger partial charge is 0.414 e. The molecule has 9 nitrogen and oxygen atoms in total. The summed E-state index contributed by atoms with van der Waals surface area (Å²) in [4.78, 5) is 40.6. The second kappa shape index (κ2) is 11.0. The molecule has 3 N–H and O–H groups in total. The number of thiazole rings is 1. The van der Waals surface area contributed by atoms with Crippen molar-refractivity contribution in [3.8, 4) is 11.1 Å². The zero-order valence-electron chi connectivity index (χ0n) is 18.9. The fourth-order valence-corrected chi connectivity index (χ4v) is 4.10. The quantitative estimate of drug-likeness (QED) is 0.442. The summed E-state index contributed by atoms with van der Waals surface area (Å²) in [6.45, 7) is 2.49. The highest BCUT2D eigenvalue weighted by Crippen LogP contribution is 2.29. The first kappa shape index (κ1) is 24.1. The first-order valence-corrected chi connectivity index (χ1v) is 11.8. The molecule has 3 aromatic rings. The molecule has 1 aliphatic heterocycles. The van der Waals surface area contributed by atoms with E-state index in [-0.39, 0.29) is 25.0 Å². The van der Waals surface area contributed by atoms with Crippen molar-refractivity contribution in [1.29, 1.82) is 0 Å². The lowest BCUT2D eigenvalue weighted by Gasteiger charge is -2.15. The summed E-state index contributed by atoms with van der Waals surface area (Å²) in [6.07, 6.45) is 0.605. The van der Waals surface area contributed by atoms with Crippen LogP contribution >= 0.6 is 11.3 Å². The third-order valence-electron chi connectivity index (χ3n) is 5.32. The maximum Gasteiger partial charge on any atom is 0.414 e. The first-order valence-electron chi connectivity index (χ1n) is 10.9. The molecule has 35 heavy (non-hydrogen) atoms. The van der Waals surface area contributed by atoms with E-state index in [0.29, 0.717) is 29.9 Å². The van der Waals surface area contributed by atoms with Gasteiger partial charge in [0, 0.05) is 30.6 Å². The van der Waals surface area contributed by atoms with E-state index in [2.05, 4.69) is 20.9 Å². The van der Waals surface area contributed by atoms with Crippen LogP contribution in [0.15, 0.2) is 54.0 Å². The standard InChI is InChI=1S/C24H24FN5O4S/c1-15(31)27-12-19-14-30(24(33)34-19)18-6-7-20(21(25)10-18)17-4-2-16(3-5-17)11-28-23(32)29-13-22-26-8-9-35-22/h2-10,19H,11-14H2,1H3,(H,27,31)(H2,28,29,32)/t19-/m0/s1. The van der Waals surface area contributed by atoms with E-state index >= 15 is 0 Å². The number of carbonyl (C=O) groups is 3. The van der Waals surface area contributed by atoms with Gasteiger partial charge in [-0.2, -0.15) is 0 Å². The number of rotatable bonds is 8. The number of cyclic esters (lactones) is 1. The van der Waals surface area contributed by atoms with Gasteiger partial charge in [-0.15, -0.1) is 11.3 Å². The van der Waals surface area contributed by atoms with Gasteiger partial charge >= 0.3 is 12.1 Å². The summed E-state index contributed by atoms with van der Waals surface area (Å²) in [7, 11) is 0. The fraction of sp³-hybridized carbons (Fsp3) is 0.250. The van der Waals surface area contributed by atoms with Gasteiger partial charge in [0.05, 0.1) is 25.3 Å². The Morgan fingerprint density at radius 3 is 2.60 bits per heavy atom. The summed E-state index contributed by atoms with van der Waals surface area (Å²) in [5.41, 5.74) is 2.29. The van der Waals surface area contributed by atoms with Crippen molar-refractivity contribution in [2.75, 3.05) is 18.0 Å². The molecule has 0 aliphatic carbocycles. The second-order valence-corrected chi connectivity index (χ2v) is 8.86. The van der Waals surface area contributed by atoms with E-state index in [1.807, 2.05) is 17.5 Å². The second-order valence-electron chi connectivity index (χ2n) is 7.88. The van der Waals surface area contributed by atoms with Crippen LogP contribution in [-0.4, -0.2) is 42.2 Å². The van der Waals surface area contributed by atoms with Gasteiger partial charge in [0.25, 0.3) is 0 Å². The number of hydrogen-bond donors (Lipinski definition) is 3. The molecular weight excluding hydrogens is 473 g/mol. The lowest BCUT2D eigenvalue weighted by atomic mass is 10.0. The number of nitrogens with one attached hydrogen (secondary N) is 3. The van der Waals surface area contributed by atoms with Crippen molar-refractivity contribution < 1.29 is 23.5 Å². The van der Waals surface area contributed by atoms with Crippen molar-refractivity contribution in [2.45, 2.75) is 26.1 Å². The molecule has 0 bridgehead atoms. The Balaban J connectivity index is 1.33. The summed E-state index contributed by atoms with van der Waals surface area (Å²) in [5, 5.41) is 10.8. The number of halogens is 1. The molecule has 2 heterocycles. The molecule has 1 aliphatic rings. The van der Waals surface area contributed by atoms with E-state index in [1.165, 1.54) is 29.2 Å². The Morgan fingerprint density at radius 1 is 1.14 bits per heavy atom. The van der Waals surface area contributed by atoms with Crippen LogP contribution in [0.1, 0.15) is 17.5 Å². The van der Waals surface area contributed by atoms with Crippen LogP contribution in [-0.2, 0) is 22.6 Å². The largest absolute Gasteiger partial charge is 0.442 e. The van der Waals surface area contributed by atoms with Crippen LogP contribution < -0.4 is 20.9 Å². The molecule has 1 aromatic heterocycles. The molecule has 0 radical (unpaired) electrons. The lowest BCUT2D eigenvalue weighted by Crippen LogP contribution is -2.34. The Bertz CT molecular complexity index is 1200. The molecule has 0 unspecified atom stereocenters. The minimum Gasteiger partial charge on any atom is -0.442 e. The van der Waals surface area contributed by atoms with Crippen LogP contribution in [0.3, 0.4) is 0 Å². The van der Waals surface area contributed by atoms with Crippen molar-refractivity contribution in [2.24, 2.45) is 0 Å². The van der Waals surface area contributed by atoms with Crippen LogP contribution in [0, 0.1) is 5.82 Å². The van der Waals surface area contributed by atoms with Crippen molar-refractivity contribution in [1.82, 2.24) is 20.9 Å². The number of benzene rings is 2. The fourth-order valence-electron chi connectivity index (χ4n) is 3.55. The number of ether oxygens (including phenoxy) is 1. The third kappa shape index (κ3) is 6.33. The molecule has 0 saturated carbocycles. The predicted octanol–water partition coefficient (Wildman–Crippen LogP) is 3.41. The summed E-state index contributed by atoms with van der Waals surface area (Å²) in [5.74, 6) is -0.695. The average Bonchev–Trinajstić information content (AvgIpc) is 3.50. The molecule has 1 atom stereocenters. The molecule has 0 spiro atoms. The van der Waals surface area contributed by atoms with E-state index in [9.17, 15) is 18.8 Å². The first-order chi connectivity index (χ1) is 16.9. The minimum absolute atomic E-state index is 0.201. The normalized spacial score (nSPS) is 15.0. The van der Waals surface area contributed by atoms with E-state index in [4.69, 9.17) is 4.74 Å². The summed E-state index contributed by atoms with van der Waals surface area (Å²) in [6, 6.07) is 11.4. The van der Waals surface area contributed by atoms with Gasteiger partial charge in [-0.1, -0.05) is 24.3 Å². The van der Waals surface area contributed by atoms with E-state index < -0.39 is 18.0 Å². The number of urea groups is 1. The molecule has 4 amide bonds. The van der Waals surface area contributed by atoms with Gasteiger partial charge in [0.15, 0.2) is 0 Å². The number of nitrogens with zero attached hydrogens (tertiary/aromatic N) is 2. The minimum atomic E-state index is -0.583. The van der Waals surface area contributed by atoms with Gasteiger partial charge in [0.2, 0.25) is 5.91 Å². The van der Waals surface area contributed by atoms with Gasteiger partial charge in [-0.05, 0) is 29.3 Å².